The minimum Gasteiger partial charge on any atom is -0.459 e. The summed E-state index contributed by atoms with van der Waals surface area (Å²) >= 11 is 0. The van der Waals surface area contributed by atoms with Crippen LogP contribution >= 0.6 is 0 Å². The quantitative estimate of drug-likeness (QED) is 0.770. The van der Waals surface area contributed by atoms with Crippen molar-refractivity contribution >= 4 is 17.5 Å². The predicted molar refractivity (Wildman–Crippen MR) is 114 cm³/mol. The van der Waals surface area contributed by atoms with Gasteiger partial charge in [0.05, 0.1) is 6.26 Å². The summed E-state index contributed by atoms with van der Waals surface area (Å²) in [6.07, 6.45) is 5.34. The summed E-state index contributed by atoms with van der Waals surface area (Å²) in [4.78, 5) is 29.2. The van der Waals surface area contributed by atoms with Crippen molar-refractivity contribution in [2.75, 3.05) is 31.6 Å². The van der Waals surface area contributed by atoms with Crippen LogP contribution in [-0.2, 0) is 0 Å². The van der Waals surface area contributed by atoms with Crippen molar-refractivity contribution in [2.24, 2.45) is 0 Å². The number of hydrogen-bond donors (Lipinski definition) is 1. The first-order valence-corrected chi connectivity index (χ1v) is 10.4. The van der Waals surface area contributed by atoms with Crippen LogP contribution in [0.15, 0.2) is 41.0 Å². The molecule has 0 unspecified atom stereocenters. The molecule has 2 amide bonds. The van der Waals surface area contributed by atoms with E-state index in [1.165, 1.54) is 12.7 Å². The first-order chi connectivity index (χ1) is 14.0. The number of nitrogens with zero attached hydrogens (tertiary/aromatic N) is 2. The maximum atomic E-state index is 12.8. The van der Waals surface area contributed by atoms with Gasteiger partial charge < -0.3 is 19.5 Å². The lowest BCUT2D eigenvalue weighted by Gasteiger charge is -2.32. The number of rotatable bonds is 7. The first kappa shape index (κ1) is 21.0. The number of benzene rings is 1. The van der Waals surface area contributed by atoms with Gasteiger partial charge >= 0.3 is 0 Å². The smallest absolute Gasteiger partial charge is 0.287 e. The Hall–Kier alpha value is -2.76. The van der Waals surface area contributed by atoms with Crippen molar-refractivity contribution in [3.63, 3.8) is 0 Å². The molecule has 0 saturated carbocycles. The highest BCUT2D eigenvalue weighted by atomic mass is 16.3. The summed E-state index contributed by atoms with van der Waals surface area (Å²) < 4.78 is 5.25. The van der Waals surface area contributed by atoms with Crippen LogP contribution in [0.3, 0.4) is 0 Å². The monoisotopic (exact) mass is 397 g/mol. The molecule has 0 atom stereocenters. The predicted octanol–water partition coefficient (Wildman–Crippen LogP) is 3.86. The molecule has 1 aliphatic rings. The normalized spacial score (nSPS) is 14.7. The highest BCUT2D eigenvalue weighted by molar-refractivity contribution is 5.95. The number of hydrogen-bond acceptors (Lipinski definition) is 4. The number of aryl methyl sites for hydroxylation is 1. The highest BCUT2D eigenvalue weighted by Crippen LogP contribution is 2.19. The number of nitrogens with one attached hydrogen (secondary N) is 1. The van der Waals surface area contributed by atoms with Gasteiger partial charge in [-0.05, 0) is 56.5 Å². The Bertz CT molecular complexity index is 820. The fourth-order valence-electron chi connectivity index (χ4n) is 3.65. The molecule has 1 fully saturated rings. The Morgan fingerprint density at radius 3 is 2.45 bits per heavy atom. The third-order valence-electron chi connectivity index (χ3n) is 5.59. The summed E-state index contributed by atoms with van der Waals surface area (Å²) in [6, 6.07) is 9.69. The van der Waals surface area contributed by atoms with Crippen molar-refractivity contribution < 1.29 is 14.0 Å². The van der Waals surface area contributed by atoms with E-state index in [0.717, 1.165) is 37.1 Å². The third kappa shape index (κ3) is 5.19. The molecule has 1 aliphatic heterocycles. The van der Waals surface area contributed by atoms with Gasteiger partial charge in [0.15, 0.2) is 5.76 Å². The summed E-state index contributed by atoms with van der Waals surface area (Å²) in [5, 5.41) is 3.02. The fraction of sp³-hybridized carbons (Fsp3) is 0.478. The molecule has 6 heteroatoms. The highest BCUT2D eigenvalue weighted by Gasteiger charge is 2.26. The van der Waals surface area contributed by atoms with Gasteiger partial charge in [0.1, 0.15) is 0 Å². The van der Waals surface area contributed by atoms with Crippen LogP contribution in [0.2, 0.25) is 0 Å². The van der Waals surface area contributed by atoms with Gasteiger partial charge in [-0.2, -0.15) is 0 Å². The van der Waals surface area contributed by atoms with Crippen LogP contribution in [0, 0.1) is 6.92 Å². The van der Waals surface area contributed by atoms with E-state index in [4.69, 9.17) is 4.42 Å². The second-order valence-electron chi connectivity index (χ2n) is 7.79. The van der Waals surface area contributed by atoms with Crippen LogP contribution in [0.25, 0.3) is 0 Å². The zero-order valence-electron chi connectivity index (χ0n) is 17.6. The van der Waals surface area contributed by atoms with Crippen LogP contribution in [0.4, 0.5) is 5.69 Å². The summed E-state index contributed by atoms with van der Waals surface area (Å²) in [7, 11) is 2.08. The third-order valence-corrected chi connectivity index (χ3v) is 5.59. The zero-order chi connectivity index (χ0) is 20.8. The molecule has 2 heterocycles. The average Bonchev–Trinajstić information content (AvgIpc) is 3.18. The minimum atomic E-state index is -0.181. The SMILES string of the molecule is CCCCN(C)c1ccc(C(=O)N2CCC(NC(=O)c3occc3C)CC2)cc1. The number of likely N-dealkylation sites (tertiary alicyclic amines) is 1. The first-order valence-electron chi connectivity index (χ1n) is 10.4. The van der Waals surface area contributed by atoms with E-state index < -0.39 is 0 Å². The van der Waals surface area contributed by atoms with E-state index in [2.05, 4.69) is 24.2 Å². The van der Waals surface area contributed by atoms with Crippen molar-refractivity contribution in [3.05, 3.63) is 53.5 Å². The number of unbranched alkanes of at least 4 members (excludes halogenated alkanes) is 1. The molecule has 3 rings (SSSR count). The number of anilines is 1. The topological polar surface area (TPSA) is 65.8 Å². The molecular formula is C23H31N3O3. The number of furan rings is 1. The van der Waals surface area contributed by atoms with Gasteiger partial charge in [-0.15, -0.1) is 0 Å². The molecular weight excluding hydrogens is 366 g/mol. The summed E-state index contributed by atoms with van der Waals surface area (Å²) in [6.45, 7) is 6.33. The number of piperidine rings is 1. The number of amides is 2. The van der Waals surface area contributed by atoms with Gasteiger partial charge in [0, 0.05) is 49.5 Å². The Balaban J connectivity index is 1.51. The van der Waals surface area contributed by atoms with Gasteiger partial charge in [-0.3, -0.25) is 9.59 Å². The Morgan fingerprint density at radius 1 is 1.17 bits per heavy atom. The maximum absolute atomic E-state index is 12.8. The van der Waals surface area contributed by atoms with Crippen molar-refractivity contribution in [1.29, 1.82) is 0 Å². The molecule has 156 valence electrons. The second kappa shape index (κ2) is 9.63. The number of carbonyl (C=O) groups excluding carboxylic acids is 2. The van der Waals surface area contributed by atoms with E-state index in [0.29, 0.717) is 24.4 Å². The van der Waals surface area contributed by atoms with Gasteiger partial charge in [-0.25, -0.2) is 0 Å². The lowest BCUT2D eigenvalue weighted by atomic mass is 10.0. The molecule has 0 aliphatic carbocycles. The van der Waals surface area contributed by atoms with E-state index in [1.54, 1.807) is 6.07 Å². The summed E-state index contributed by atoms with van der Waals surface area (Å²) in [5.74, 6) is 0.243. The molecule has 1 N–H and O–H groups in total. The molecule has 29 heavy (non-hydrogen) atoms. The lowest BCUT2D eigenvalue weighted by molar-refractivity contribution is 0.0695. The zero-order valence-corrected chi connectivity index (χ0v) is 17.6. The van der Waals surface area contributed by atoms with Crippen LogP contribution in [-0.4, -0.2) is 49.4 Å². The molecule has 0 spiro atoms. The molecule has 2 aromatic rings. The molecule has 0 radical (unpaired) electrons. The standard InChI is InChI=1S/C23H31N3O3/c1-4-5-13-25(3)20-8-6-18(7-9-20)23(28)26-14-10-19(11-15-26)24-22(27)21-17(2)12-16-29-21/h6-9,12,16,19H,4-5,10-11,13-15H2,1-3H3,(H,24,27). The van der Waals surface area contributed by atoms with Crippen molar-refractivity contribution in [1.82, 2.24) is 10.2 Å². The Labute approximate surface area is 172 Å². The molecule has 0 bridgehead atoms. The lowest BCUT2D eigenvalue weighted by Crippen LogP contribution is -2.46. The van der Waals surface area contributed by atoms with E-state index >= 15 is 0 Å². The second-order valence-corrected chi connectivity index (χ2v) is 7.79. The number of carbonyl (C=O) groups is 2. The van der Waals surface area contributed by atoms with Crippen LogP contribution in [0.5, 0.6) is 0 Å². The van der Waals surface area contributed by atoms with Crippen molar-refractivity contribution in [2.45, 2.75) is 45.6 Å². The Morgan fingerprint density at radius 2 is 1.86 bits per heavy atom. The Kier molecular flexibility index (Phi) is 6.96. The summed E-state index contributed by atoms with van der Waals surface area (Å²) in [5.41, 5.74) is 2.68. The van der Waals surface area contributed by atoms with E-state index in [1.807, 2.05) is 36.1 Å². The fourth-order valence-corrected chi connectivity index (χ4v) is 3.65. The van der Waals surface area contributed by atoms with E-state index in [-0.39, 0.29) is 17.9 Å². The van der Waals surface area contributed by atoms with Gasteiger partial charge in [-0.1, -0.05) is 13.3 Å². The minimum absolute atomic E-state index is 0.0550. The largest absolute Gasteiger partial charge is 0.459 e. The van der Waals surface area contributed by atoms with Gasteiger partial charge in [0.25, 0.3) is 11.8 Å². The maximum Gasteiger partial charge on any atom is 0.287 e. The van der Waals surface area contributed by atoms with Gasteiger partial charge in [0.2, 0.25) is 0 Å². The molecule has 6 nitrogen and oxygen atoms in total. The molecule has 1 saturated heterocycles. The van der Waals surface area contributed by atoms with Crippen LogP contribution < -0.4 is 10.2 Å². The van der Waals surface area contributed by atoms with Crippen molar-refractivity contribution in [3.8, 4) is 0 Å². The molecule has 1 aromatic carbocycles. The average molecular weight is 398 g/mol. The molecule has 1 aromatic heterocycles. The van der Waals surface area contributed by atoms with E-state index in [9.17, 15) is 9.59 Å². The van der Waals surface area contributed by atoms with Crippen LogP contribution in [0.1, 0.15) is 59.1 Å².